The van der Waals surface area contributed by atoms with Gasteiger partial charge in [0.15, 0.2) is 11.2 Å². The minimum absolute atomic E-state index is 0.144. The summed E-state index contributed by atoms with van der Waals surface area (Å²) in [4.78, 5) is 31.0. The maximum absolute atomic E-state index is 13.4. The van der Waals surface area contributed by atoms with Crippen molar-refractivity contribution in [3.63, 3.8) is 0 Å². The first kappa shape index (κ1) is 18.9. The van der Waals surface area contributed by atoms with Crippen molar-refractivity contribution in [2.45, 2.75) is 33.4 Å². The molecule has 2 aromatic heterocycles. The van der Waals surface area contributed by atoms with Gasteiger partial charge in [0.2, 0.25) is 5.95 Å². The highest BCUT2D eigenvalue weighted by Crippen LogP contribution is 2.29. The predicted octanol–water partition coefficient (Wildman–Crippen LogP) is 2.20. The van der Waals surface area contributed by atoms with Crippen LogP contribution in [0.4, 0.5) is 5.95 Å². The Morgan fingerprint density at radius 3 is 2.52 bits per heavy atom. The smallest absolute Gasteiger partial charge is 0.294 e. The molecule has 3 heterocycles. The van der Waals surface area contributed by atoms with Crippen LogP contribution >= 0.6 is 0 Å². The van der Waals surface area contributed by atoms with E-state index in [2.05, 4.69) is 16.7 Å². The van der Waals surface area contributed by atoms with Crippen LogP contribution in [0.1, 0.15) is 31.0 Å². The summed E-state index contributed by atoms with van der Waals surface area (Å²) in [7, 11) is 1.64. The lowest BCUT2D eigenvalue weighted by molar-refractivity contribution is 0.634. The molecule has 0 bridgehead atoms. The summed E-state index contributed by atoms with van der Waals surface area (Å²) in [6.07, 6.45) is 1.73. The quantitative estimate of drug-likeness (QED) is 0.638. The normalized spacial score (nSPS) is 16.1. The first-order chi connectivity index (χ1) is 13.8. The molecular formula is C21H24N6O2. The minimum Gasteiger partial charge on any atom is -0.294 e. The summed E-state index contributed by atoms with van der Waals surface area (Å²) in [5.41, 5.74) is 2.91. The van der Waals surface area contributed by atoms with E-state index in [-0.39, 0.29) is 23.8 Å². The summed E-state index contributed by atoms with van der Waals surface area (Å²) >= 11 is 0. The molecule has 8 nitrogen and oxygen atoms in total. The van der Waals surface area contributed by atoms with Gasteiger partial charge in [0.1, 0.15) is 0 Å². The number of imidazole rings is 1. The van der Waals surface area contributed by atoms with Gasteiger partial charge in [0.25, 0.3) is 5.56 Å². The fourth-order valence-electron chi connectivity index (χ4n) is 3.64. The van der Waals surface area contributed by atoms with Crippen molar-refractivity contribution in [2.75, 3.05) is 11.6 Å². The Balaban J connectivity index is 1.98. The third kappa shape index (κ3) is 2.91. The first-order valence-corrected chi connectivity index (χ1v) is 9.54. The monoisotopic (exact) mass is 392 g/mol. The van der Waals surface area contributed by atoms with E-state index in [1.807, 2.05) is 49.6 Å². The topological polar surface area (TPSA) is 77.4 Å². The van der Waals surface area contributed by atoms with E-state index < -0.39 is 0 Å². The van der Waals surface area contributed by atoms with Crippen molar-refractivity contribution in [3.05, 3.63) is 68.9 Å². The van der Waals surface area contributed by atoms with Crippen LogP contribution in [0.25, 0.3) is 11.2 Å². The summed E-state index contributed by atoms with van der Waals surface area (Å²) in [5, 5.41) is 6.27. The maximum Gasteiger partial charge on any atom is 0.332 e. The van der Waals surface area contributed by atoms with Gasteiger partial charge in [-0.05, 0) is 26.3 Å². The van der Waals surface area contributed by atoms with E-state index in [9.17, 15) is 9.59 Å². The number of aromatic nitrogens is 4. The molecule has 0 radical (unpaired) electrons. The number of hydrogen-bond donors (Lipinski definition) is 0. The molecule has 0 amide bonds. The molecule has 4 rings (SSSR count). The first-order valence-electron chi connectivity index (χ1n) is 9.54. The van der Waals surface area contributed by atoms with Crippen LogP contribution in [0.2, 0.25) is 0 Å². The van der Waals surface area contributed by atoms with Gasteiger partial charge in [0, 0.05) is 7.05 Å². The van der Waals surface area contributed by atoms with Crippen molar-refractivity contribution in [1.29, 1.82) is 0 Å². The second-order valence-corrected chi connectivity index (χ2v) is 7.46. The van der Waals surface area contributed by atoms with E-state index in [4.69, 9.17) is 0 Å². The zero-order chi connectivity index (χ0) is 20.9. The molecule has 0 unspecified atom stereocenters. The number of rotatable bonds is 4. The second-order valence-electron chi connectivity index (χ2n) is 7.46. The Kier molecular flexibility index (Phi) is 4.49. The average Bonchev–Trinajstić information content (AvgIpc) is 3.10. The van der Waals surface area contributed by atoms with Crippen molar-refractivity contribution in [1.82, 2.24) is 18.7 Å². The molecule has 1 aromatic carbocycles. The minimum atomic E-state index is -0.390. The number of aryl methyl sites for hydroxylation is 2. The van der Waals surface area contributed by atoms with Crippen LogP contribution < -0.4 is 16.3 Å². The standard InChI is InChI=1S/C21H24N6O2/c1-6-11-26-20-22-18-17(27(20)15(4)14(3)23-26)19(28)25(21(29)24(18)5)12-16-9-7-13(2)8-10-16/h6-10,15H,1,11-12H2,2-5H3/t15-/m0/s1. The number of benzene rings is 1. The molecule has 150 valence electrons. The Morgan fingerprint density at radius 1 is 1.17 bits per heavy atom. The molecule has 0 saturated heterocycles. The zero-order valence-electron chi connectivity index (χ0n) is 17.1. The molecule has 1 aliphatic heterocycles. The molecule has 1 atom stereocenters. The Morgan fingerprint density at radius 2 is 1.86 bits per heavy atom. The molecule has 8 heteroatoms. The number of fused-ring (bicyclic) bond motifs is 3. The number of anilines is 1. The SMILES string of the molecule is C=CCN1N=C(C)[C@H](C)n2c1nc1c2c(=O)n(Cc2ccc(C)cc2)c(=O)n1C. The molecule has 1 aliphatic rings. The van der Waals surface area contributed by atoms with Gasteiger partial charge >= 0.3 is 5.69 Å². The summed E-state index contributed by atoms with van der Waals surface area (Å²) in [5.74, 6) is 0.540. The highest BCUT2D eigenvalue weighted by Gasteiger charge is 2.30. The lowest BCUT2D eigenvalue weighted by Crippen LogP contribution is -2.40. The van der Waals surface area contributed by atoms with Gasteiger partial charge in [-0.1, -0.05) is 35.9 Å². The number of nitrogens with zero attached hydrogens (tertiary/aromatic N) is 6. The maximum atomic E-state index is 13.4. The van der Waals surface area contributed by atoms with Crippen LogP contribution in [0.3, 0.4) is 0 Å². The largest absolute Gasteiger partial charge is 0.332 e. The lowest BCUT2D eigenvalue weighted by Gasteiger charge is -2.28. The van der Waals surface area contributed by atoms with E-state index in [1.165, 1.54) is 9.13 Å². The van der Waals surface area contributed by atoms with Crippen molar-refractivity contribution < 1.29 is 0 Å². The Labute approximate surface area is 168 Å². The fraction of sp³-hybridized carbons (Fsp3) is 0.333. The molecule has 0 aliphatic carbocycles. The van der Waals surface area contributed by atoms with Gasteiger partial charge in [-0.25, -0.2) is 9.80 Å². The number of hydrogen-bond acceptors (Lipinski definition) is 5. The third-order valence-corrected chi connectivity index (χ3v) is 5.42. The molecular weight excluding hydrogens is 368 g/mol. The molecule has 29 heavy (non-hydrogen) atoms. The zero-order valence-corrected chi connectivity index (χ0v) is 17.1. The predicted molar refractivity (Wildman–Crippen MR) is 115 cm³/mol. The van der Waals surface area contributed by atoms with Crippen LogP contribution in [-0.4, -0.2) is 30.9 Å². The Hall–Kier alpha value is -3.42. The second kappa shape index (κ2) is 6.88. The van der Waals surface area contributed by atoms with Crippen LogP contribution in [0.5, 0.6) is 0 Å². The molecule has 0 fully saturated rings. The van der Waals surface area contributed by atoms with E-state index in [0.29, 0.717) is 23.7 Å². The van der Waals surface area contributed by atoms with Crippen LogP contribution in [0, 0.1) is 6.92 Å². The third-order valence-electron chi connectivity index (χ3n) is 5.42. The fourth-order valence-corrected chi connectivity index (χ4v) is 3.64. The summed E-state index contributed by atoms with van der Waals surface area (Å²) < 4.78 is 4.58. The van der Waals surface area contributed by atoms with Gasteiger partial charge in [0.05, 0.1) is 24.8 Å². The molecule has 0 saturated carbocycles. The van der Waals surface area contributed by atoms with Gasteiger partial charge < -0.3 is 0 Å². The highest BCUT2D eigenvalue weighted by atomic mass is 16.2. The summed E-state index contributed by atoms with van der Waals surface area (Å²) in [6, 6.07) is 7.66. The molecule has 0 spiro atoms. The molecule has 3 aromatic rings. The van der Waals surface area contributed by atoms with Crippen LogP contribution in [0.15, 0.2) is 51.6 Å². The van der Waals surface area contributed by atoms with Gasteiger partial charge in [-0.3, -0.25) is 18.5 Å². The van der Waals surface area contributed by atoms with E-state index in [0.717, 1.165) is 16.8 Å². The average molecular weight is 392 g/mol. The molecule has 0 N–H and O–H groups in total. The number of hydrazone groups is 1. The van der Waals surface area contributed by atoms with Crippen LogP contribution in [-0.2, 0) is 13.6 Å². The van der Waals surface area contributed by atoms with Crippen molar-refractivity contribution >= 4 is 22.8 Å². The Bertz CT molecular complexity index is 1260. The van der Waals surface area contributed by atoms with Gasteiger partial charge in [-0.2, -0.15) is 10.1 Å². The lowest BCUT2D eigenvalue weighted by atomic mass is 10.1. The highest BCUT2D eigenvalue weighted by molar-refractivity contribution is 5.91. The van der Waals surface area contributed by atoms with E-state index in [1.54, 1.807) is 18.1 Å². The van der Waals surface area contributed by atoms with Crippen molar-refractivity contribution in [2.24, 2.45) is 12.1 Å². The van der Waals surface area contributed by atoms with Crippen molar-refractivity contribution in [3.8, 4) is 0 Å². The van der Waals surface area contributed by atoms with E-state index >= 15 is 0 Å². The summed E-state index contributed by atoms with van der Waals surface area (Å²) in [6.45, 7) is 10.3. The van der Waals surface area contributed by atoms with Gasteiger partial charge in [-0.15, -0.1) is 6.58 Å².